The minimum Gasteiger partial charge on any atom is -0.342 e. The van der Waals surface area contributed by atoms with Gasteiger partial charge in [0.2, 0.25) is 11.9 Å². The van der Waals surface area contributed by atoms with Crippen LogP contribution >= 0.6 is 0 Å². The van der Waals surface area contributed by atoms with Crippen LogP contribution in [0.1, 0.15) is 38.2 Å². The van der Waals surface area contributed by atoms with Crippen molar-refractivity contribution in [1.82, 2.24) is 14.9 Å². The number of carbonyl (C=O) groups excluding carboxylic acids is 1. The number of carbonyl (C=O) groups is 1. The van der Waals surface area contributed by atoms with E-state index < -0.39 is 11.7 Å². The second-order valence-electron chi connectivity index (χ2n) is 6.93. The first-order valence-corrected chi connectivity index (χ1v) is 8.81. The summed E-state index contributed by atoms with van der Waals surface area (Å²) >= 11 is 0. The Morgan fingerprint density at radius 1 is 1.20 bits per heavy atom. The van der Waals surface area contributed by atoms with Crippen molar-refractivity contribution in [2.45, 2.75) is 38.8 Å². The molecule has 0 saturated carbocycles. The monoisotopic (exact) mass is 356 g/mol. The first-order valence-electron chi connectivity index (χ1n) is 8.81. The van der Waals surface area contributed by atoms with Crippen molar-refractivity contribution in [2.75, 3.05) is 31.1 Å². The summed E-state index contributed by atoms with van der Waals surface area (Å²) in [6.45, 7) is 5.08. The zero-order valence-corrected chi connectivity index (χ0v) is 14.3. The van der Waals surface area contributed by atoms with Crippen molar-refractivity contribution in [2.24, 2.45) is 11.8 Å². The summed E-state index contributed by atoms with van der Waals surface area (Å²) in [6.07, 6.45) is 0.911. The molecular weight excluding hydrogens is 333 g/mol. The van der Waals surface area contributed by atoms with Crippen LogP contribution in [-0.2, 0) is 11.0 Å². The smallest absolute Gasteiger partial charge is 0.342 e. The molecule has 0 aromatic carbocycles. The SMILES string of the molecule is CCCC1CN(C(=O)C2CCN(c3ncc(C(F)(F)F)cn3)CC2)C1. The molecule has 138 valence electrons. The van der Waals surface area contributed by atoms with E-state index in [1.54, 1.807) is 0 Å². The molecule has 2 saturated heterocycles. The van der Waals surface area contributed by atoms with Crippen molar-refractivity contribution in [3.63, 3.8) is 0 Å². The molecule has 25 heavy (non-hydrogen) atoms. The Bertz CT molecular complexity index is 591. The third-order valence-corrected chi connectivity index (χ3v) is 5.06. The molecule has 2 aliphatic rings. The van der Waals surface area contributed by atoms with Gasteiger partial charge in [0.15, 0.2) is 0 Å². The van der Waals surface area contributed by atoms with Gasteiger partial charge in [-0.1, -0.05) is 13.3 Å². The van der Waals surface area contributed by atoms with Crippen LogP contribution in [0.3, 0.4) is 0 Å². The molecule has 1 amide bonds. The van der Waals surface area contributed by atoms with Crippen LogP contribution in [0.5, 0.6) is 0 Å². The van der Waals surface area contributed by atoms with Crippen LogP contribution in [0.2, 0.25) is 0 Å². The number of hydrogen-bond donors (Lipinski definition) is 0. The molecule has 1 aromatic rings. The topological polar surface area (TPSA) is 49.3 Å². The van der Waals surface area contributed by atoms with Crippen molar-refractivity contribution in [3.8, 4) is 0 Å². The van der Waals surface area contributed by atoms with E-state index in [0.717, 1.165) is 31.9 Å². The lowest BCUT2D eigenvalue weighted by Crippen LogP contribution is -2.53. The van der Waals surface area contributed by atoms with Crippen molar-refractivity contribution in [3.05, 3.63) is 18.0 Å². The summed E-state index contributed by atoms with van der Waals surface area (Å²) in [5, 5.41) is 0. The molecule has 0 aliphatic carbocycles. The van der Waals surface area contributed by atoms with E-state index in [4.69, 9.17) is 0 Å². The largest absolute Gasteiger partial charge is 0.419 e. The lowest BCUT2D eigenvalue weighted by atomic mass is 9.90. The highest BCUT2D eigenvalue weighted by molar-refractivity contribution is 5.80. The van der Waals surface area contributed by atoms with Gasteiger partial charge in [0.25, 0.3) is 0 Å². The summed E-state index contributed by atoms with van der Waals surface area (Å²) in [4.78, 5) is 23.9. The number of halogens is 3. The molecule has 0 spiro atoms. The van der Waals surface area contributed by atoms with Crippen LogP contribution in [0.15, 0.2) is 12.4 Å². The number of likely N-dealkylation sites (tertiary alicyclic amines) is 1. The second-order valence-corrected chi connectivity index (χ2v) is 6.93. The van der Waals surface area contributed by atoms with Crippen LogP contribution in [0.25, 0.3) is 0 Å². The number of anilines is 1. The normalized spacial score (nSPS) is 19.8. The highest BCUT2D eigenvalue weighted by Crippen LogP contribution is 2.30. The number of piperidine rings is 1. The van der Waals surface area contributed by atoms with Gasteiger partial charge < -0.3 is 9.80 Å². The van der Waals surface area contributed by atoms with Crippen LogP contribution < -0.4 is 4.90 Å². The van der Waals surface area contributed by atoms with Crippen molar-refractivity contribution < 1.29 is 18.0 Å². The maximum Gasteiger partial charge on any atom is 0.419 e. The van der Waals surface area contributed by atoms with Crippen LogP contribution in [-0.4, -0.2) is 47.0 Å². The quantitative estimate of drug-likeness (QED) is 0.832. The van der Waals surface area contributed by atoms with Gasteiger partial charge in [-0.05, 0) is 25.2 Å². The van der Waals surface area contributed by atoms with E-state index in [0.29, 0.717) is 37.8 Å². The van der Waals surface area contributed by atoms with E-state index in [1.165, 1.54) is 6.42 Å². The molecule has 0 radical (unpaired) electrons. The molecule has 3 rings (SSSR count). The van der Waals surface area contributed by atoms with Gasteiger partial charge in [-0.25, -0.2) is 9.97 Å². The Balaban J connectivity index is 1.49. The number of aromatic nitrogens is 2. The molecule has 2 fully saturated rings. The molecule has 5 nitrogen and oxygen atoms in total. The number of hydrogen-bond acceptors (Lipinski definition) is 4. The fraction of sp³-hybridized carbons (Fsp3) is 0.706. The Labute approximate surface area is 145 Å². The Kier molecular flexibility index (Phi) is 5.15. The van der Waals surface area contributed by atoms with Gasteiger partial charge in [0, 0.05) is 44.5 Å². The average molecular weight is 356 g/mol. The van der Waals surface area contributed by atoms with E-state index in [9.17, 15) is 18.0 Å². The lowest BCUT2D eigenvalue weighted by molar-refractivity contribution is -0.143. The van der Waals surface area contributed by atoms with Gasteiger partial charge in [-0.15, -0.1) is 0 Å². The van der Waals surface area contributed by atoms with Gasteiger partial charge in [-0.2, -0.15) is 13.2 Å². The van der Waals surface area contributed by atoms with E-state index in [1.807, 2.05) is 9.80 Å². The predicted molar refractivity (Wildman–Crippen MR) is 86.9 cm³/mol. The first kappa shape index (κ1) is 17.9. The molecule has 3 heterocycles. The number of nitrogens with zero attached hydrogens (tertiary/aromatic N) is 4. The maximum absolute atomic E-state index is 12.6. The predicted octanol–water partition coefficient (Wildman–Crippen LogP) is 2.97. The average Bonchev–Trinajstić information content (AvgIpc) is 2.57. The van der Waals surface area contributed by atoms with E-state index in [2.05, 4.69) is 16.9 Å². The molecule has 0 bridgehead atoms. The molecule has 2 aliphatic heterocycles. The summed E-state index contributed by atoms with van der Waals surface area (Å²) in [5.74, 6) is 1.18. The second kappa shape index (κ2) is 7.17. The third-order valence-electron chi connectivity index (χ3n) is 5.06. The summed E-state index contributed by atoms with van der Waals surface area (Å²) < 4.78 is 37.7. The van der Waals surface area contributed by atoms with Gasteiger partial charge >= 0.3 is 6.18 Å². The minimum absolute atomic E-state index is 0.00766. The van der Waals surface area contributed by atoms with Gasteiger partial charge in [0.05, 0.1) is 5.56 Å². The Morgan fingerprint density at radius 3 is 2.32 bits per heavy atom. The summed E-state index contributed by atoms with van der Waals surface area (Å²) in [5.41, 5.74) is -0.847. The maximum atomic E-state index is 12.6. The molecule has 0 atom stereocenters. The standard InChI is InChI=1S/C17H23F3N4O/c1-2-3-12-10-24(11-12)15(25)13-4-6-23(7-5-13)16-21-8-14(9-22-16)17(18,19)20/h8-9,12-13H,2-7,10-11H2,1H3. The van der Waals surface area contributed by atoms with Crippen molar-refractivity contribution >= 4 is 11.9 Å². The number of amides is 1. The number of rotatable bonds is 4. The molecular formula is C17H23F3N4O. The van der Waals surface area contributed by atoms with Crippen LogP contribution in [0, 0.1) is 11.8 Å². The first-order chi connectivity index (χ1) is 11.9. The summed E-state index contributed by atoms with van der Waals surface area (Å²) in [6, 6.07) is 0. The highest BCUT2D eigenvalue weighted by Gasteiger charge is 2.36. The van der Waals surface area contributed by atoms with Crippen molar-refractivity contribution in [1.29, 1.82) is 0 Å². The van der Waals surface area contributed by atoms with E-state index in [-0.39, 0.29) is 11.8 Å². The molecule has 0 unspecified atom stereocenters. The third kappa shape index (κ3) is 4.04. The van der Waals surface area contributed by atoms with Gasteiger partial charge in [0.1, 0.15) is 0 Å². The van der Waals surface area contributed by atoms with Crippen LogP contribution in [0.4, 0.5) is 19.1 Å². The Morgan fingerprint density at radius 2 is 1.80 bits per heavy atom. The Hall–Kier alpha value is -1.86. The van der Waals surface area contributed by atoms with E-state index >= 15 is 0 Å². The number of alkyl halides is 3. The highest BCUT2D eigenvalue weighted by atomic mass is 19.4. The fourth-order valence-electron chi connectivity index (χ4n) is 3.56. The zero-order chi connectivity index (χ0) is 18.0. The molecule has 8 heteroatoms. The molecule has 1 aromatic heterocycles. The minimum atomic E-state index is -4.43. The fourth-order valence-corrected chi connectivity index (χ4v) is 3.56. The van der Waals surface area contributed by atoms with Gasteiger partial charge in [-0.3, -0.25) is 4.79 Å². The lowest BCUT2D eigenvalue weighted by Gasteiger charge is -2.42. The molecule has 0 N–H and O–H groups in total. The summed E-state index contributed by atoms with van der Waals surface area (Å²) in [7, 11) is 0. The zero-order valence-electron chi connectivity index (χ0n) is 14.3.